The number of aliphatic hydroxyl groups excluding tert-OH is 1. The van der Waals surface area contributed by atoms with Crippen LogP contribution in [0.5, 0.6) is 0 Å². The summed E-state index contributed by atoms with van der Waals surface area (Å²) in [5.74, 6) is -7.62. The number of ether oxygens (including phenoxy) is 6. The molecule has 3 aromatic rings. The molecule has 2 heterocycles. The standard InChI is InChI=1S/C47H49NO14/c1-25-32(59-44(56)39(53)37(29-16-10-7-11-17-29)48-42(54)30-18-12-8-13-19-30)23-47(62-43(55)31-20-14-9-15-21-31)41-36(46(24-57-27(3)49)33(60-41)22-34(51)61-46)26(2)40(58-28(4)50)38(52)35(25)45(47,5)6/h7-21,26,32-33,36-37,39-41,53H,22-24H2,1-6H3,(H,48,54)/t26-,32-,33+,36+,37-,39+,40-,41-,46-,47+/m0/s1. The Morgan fingerprint density at radius 2 is 1.45 bits per heavy atom. The Hall–Kier alpha value is -6.19. The van der Waals surface area contributed by atoms with Crippen molar-refractivity contribution in [3.05, 3.63) is 119 Å². The second kappa shape index (κ2) is 16.9. The molecular formula is C47H49NO14. The van der Waals surface area contributed by atoms with Crippen LogP contribution < -0.4 is 5.32 Å². The van der Waals surface area contributed by atoms with Crippen molar-refractivity contribution < 1.29 is 67.1 Å². The summed E-state index contributed by atoms with van der Waals surface area (Å²) in [6.07, 6.45) is -7.98. The highest BCUT2D eigenvalue weighted by atomic mass is 16.7. The highest BCUT2D eigenvalue weighted by Gasteiger charge is 2.76. The molecule has 10 atom stereocenters. The molecule has 3 aromatic carbocycles. The van der Waals surface area contributed by atoms with E-state index in [0.717, 1.165) is 6.92 Å². The van der Waals surface area contributed by atoms with E-state index in [2.05, 4.69) is 5.32 Å². The topological polar surface area (TPSA) is 207 Å². The van der Waals surface area contributed by atoms with Crippen LogP contribution in [0.3, 0.4) is 0 Å². The maximum absolute atomic E-state index is 15.3. The van der Waals surface area contributed by atoms with Gasteiger partial charge in [0.2, 0.25) is 0 Å². The van der Waals surface area contributed by atoms with E-state index in [1.807, 2.05) is 0 Å². The van der Waals surface area contributed by atoms with Gasteiger partial charge in [-0.1, -0.05) is 87.5 Å². The van der Waals surface area contributed by atoms with Gasteiger partial charge in [-0.05, 0) is 42.3 Å². The van der Waals surface area contributed by atoms with E-state index in [1.165, 1.54) is 19.1 Å². The van der Waals surface area contributed by atoms with Crippen LogP contribution in [0.25, 0.3) is 0 Å². The predicted molar refractivity (Wildman–Crippen MR) is 217 cm³/mol. The van der Waals surface area contributed by atoms with Crippen molar-refractivity contribution >= 4 is 41.5 Å². The molecule has 15 nitrogen and oxygen atoms in total. The second-order valence-corrected chi connectivity index (χ2v) is 16.9. The van der Waals surface area contributed by atoms with Gasteiger partial charge in [-0.3, -0.25) is 24.0 Å². The van der Waals surface area contributed by atoms with E-state index in [-0.39, 0.29) is 35.1 Å². The molecule has 0 unspecified atom stereocenters. The van der Waals surface area contributed by atoms with Gasteiger partial charge in [-0.25, -0.2) is 9.59 Å². The van der Waals surface area contributed by atoms with Crippen LogP contribution in [-0.2, 0) is 52.4 Å². The number of nitrogens with one attached hydrogen (secondary N) is 1. The van der Waals surface area contributed by atoms with Gasteiger partial charge in [-0.15, -0.1) is 0 Å². The lowest BCUT2D eigenvalue weighted by atomic mass is 9.52. The Morgan fingerprint density at radius 3 is 2.05 bits per heavy atom. The number of fused-ring (bicyclic) bond motifs is 6. The van der Waals surface area contributed by atoms with Gasteiger partial charge in [0.15, 0.2) is 29.2 Å². The van der Waals surface area contributed by atoms with Crippen LogP contribution in [0.2, 0.25) is 0 Å². The zero-order valence-electron chi connectivity index (χ0n) is 35.2. The lowest BCUT2D eigenvalue weighted by molar-refractivity contribution is -0.210. The minimum Gasteiger partial charge on any atom is -0.461 e. The number of ketones is 1. The van der Waals surface area contributed by atoms with Crippen LogP contribution in [0.4, 0.5) is 0 Å². The van der Waals surface area contributed by atoms with E-state index < -0.39 is 113 Å². The first-order valence-corrected chi connectivity index (χ1v) is 20.4. The van der Waals surface area contributed by atoms with Crippen molar-refractivity contribution in [1.29, 1.82) is 0 Å². The Morgan fingerprint density at radius 1 is 0.855 bits per heavy atom. The zero-order valence-corrected chi connectivity index (χ0v) is 35.2. The van der Waals surface area contributed by atoms with E-state index in [4.69, 9.17) is 28.4 Å². The summed E-state index contributed by atoms with van der Waals surface area (Å²) in [5, 5.41) is 14.6. The maximum Gasteiger partial charge on any atom is 0.338 e. The fourth-order valence-corrected chi connectivity index (χ4v) is 9.91. The van der Waals surface area contributed by atoms with Crippen molar-refractivity contribution in [2.45, 2.75) is 102 Å². The number of carbonyl (C=O) groups excluding carboxylic acids is 7. The van der Waals surface area contributed by atoms with Crippen molar-refractivity contribution in [3.8, 4) is 0 Å². The van der Waals surface area contributed by atoms with Crippen LogP contribution in [0, 0.1) is 17.3 Å². The molecule has 4 aliphatic rings. The molecular weight excluding hydrogens is 803 g/mol. The van der Waals surface area contributed by atoms with Crippen LogP contribution >= 0.6 is 0 Å². The van der Waals surface area contributed by atoms with Crippen molar-refractivity contribution in [3.63, 3.8) is 0 Å². The number of benzene rings is 3. The van der Waals surface area contributed by atoms with E-state index in [1.54, 1.807) is 107 Å². The molecule has 7 rings (SSSR count). The molecule has 326 valence electrons. The van der Waals surface area contributed by atoms with Crippen LogP contribution in [-0.4, -0.2) is 95.0 Å². The fourth-order valence-electron chi connectivity index (χ4n) is 9.91. The fraction of sp³-hybridized carbons (Fsp3) is 0.426. The Labute approximate surface area is 358 Å². The van der Waals surface area contributed by atoms with Crippen molar-refractivity contribution in [1.82, 2.24) is 5.32 Å². The van der Waals surface area contributed by atoms with Crippen molar-refractivity contribution in [2.24, 2.45) is 17.3 Å². The quantitative estimate of drug-likeness (QED) is 0.201. The summed E-state index contributed by atoms with van der Waals surface area (Å²) in [6.45, 7) is 8.33. The first kappa shape index (κ1) is 43.9. The third kappa shape index (κ3) is 7.68. The number of amides is 1. The monoisotopic (exact) mass is 851 g/mol. The van der Waals surface area contributed by atoms with E-state index in [0.29, 0.717) is 5.56 Å². The molecule has 1 amide bonds. The molecule has 15 heteroatoms. The number of hydrogen-bond donors (Lipinski definition) is 2. The summed E-state index contributed by atoms with van der Waals surface area (Å²) in [6, 6.07) is 23.3. The normalized spacial score (nSPS) is 29.3. The molecule has 0 radical (unpaired) electrons. The second-order valence-electron chi connectivity index (χ2n) is 16.9. The van der Waals surface area contributed by atoms with Crippen LogP contribution in [0.15, 0.2) is 102 Å². The zero-order chi connectivity index (χ0) is 44.7. The number of aliphatic hydroxyl groups is 1. The van der Waals surface area contributed by atoms with Gasteiger partial charge < -0.3 is 38.8 Å². The summed E-state index contributed by atoms with van der Waals surface area (Å²) in [4.78, 5) is 95.8. The number of Topliss-reactive ketones (excluding diaryl/α,β-unsaturated/α-hetero) is 1. The number of carbonyl (C=O) groups is 7. The van der Waals surface area contributed by atoms with E-state index in [9.17, 15) is 33.9 Å². The Kier molecular flexibility index (Phi) is 12.0. The van der Waals surface area contributed by atoms with Gasteiger partial charge in [0.25, 0.3) is 5.91 Å². The predicted octanol–water partition coefficient (Wildman–Crippen LogP) is 4.56. The molecule has 2 N–H and O–H groups in total. The Balaban J connectivity index is 1.38. The summed E-state index contributed by atoms with van der Waals surface area (Å²) in [7, 11) is 0. The van der Waals surface area contributed by atoms with Gasteiger partial charge in [0.05, 0.1) is 18.0 Å². The molecule has 0 aromatic heterocycles. The average molecular weight is 852 g/mol. The smallest absolute Gasteiger partial charge is 0.338 e. The Bertz CT molecular complexity index is 2290. The SMILES string of the molecule is CC(=O)OC[C@]12OC(=O)C[C@H]1O[C@H]1[C@H]2[C@H](C)[C@H](OC(C)=O)C(=O)C2=C(C)[C@@H](OC(=O)[C@H](O)[C@@H](NC(=O)c3ccccc3)c3ccccc3)C[C@]1(OC(=O)c1ccccc1)C2(C)C. The minimum atomic E-state index is -2.00. The number of rotatable bonds is 11. The van der Waals surface area contributed by atoms with Gasteiger partial charge in [-0.2, -0.15) is 0 Å². The third-order valence-corrected chi connectivity index (χ3v) is 12.8. The molecule has 62 heavy (non-hydrogen) atoms. The molecule has 0 spiro atoms. The largest absolute Gasteiger partial charge is 0.461 e. The first-order valence-electron chi connectivity index (χ1n) is 20.4. The lowest BCUT2D eigenvalue weighted by Gasteiger charge is -2.58. The minimum absolute atomic E-state index is 0.0112. The highest BCUT2D eigenvalue weighted by molar-refractivity contribution is 6.03. The number of esters is 5. The molecule has 3 fully saturated rings. The maximum atomic E-state index is 15.3. The van der Waals surface area contributed by atoms with Crippen molar-refractivity contribution in [2.75, 3.05) is 6.61 Å². The highest BCUT2D eigenvalue weighted by Crippen LogP contribution is 2.63. The number of hydrogen-bond acceptors (Lipinski definition) is 14. The van der Waals surface area contributed by atoms with Gasteiger partial charge in [0, 0.05) is 48.7 Å². The molecule has 2 aliphatic carbocycles. The molecule has 2 saturated heterocycles. The van der Waals surface area contributed by atoms with Gasteiger partial charge in [0.1, 0.15) is 24.9 Å². The lowest BCUT2D eigenvalue weighted by Crippen LogP contribution is -2.69. The molecule has 1 saturated carbocycles. The van der Waals surface area contributed by atoms with Crippen LogP contribution in [0.1, 0.15) is 86.7 Å². The average Bonchev–Trinajstić information content (AvgIpc) is 3.73. The van der Waals surface area contributed by atoms with Gasteiger partial charge >= 0.3 is 29.8 Å². The van der Waals surface area contributed by atoms with E-state index >= 15 is 4.79 Å². The molecule has 2 aliphatic heterocycles. The third-order valence-electron chi connectivity index (χ3n) is 12.8. The first-order chi connectivity index (χ1) is 29.4. The molecule has 2 bridgehead atoms. The summed E-state index contributed by atoms with van der Waals surface area (Å²) < 4.78 is 37.1. The summed E-state index contributed by atoms with van der Waals surface area (Å²) in [5.41, 5.74) is -4.18. The summed E-state index contributed by atoms with van der Waals surface area (Å²) >= 11 is 0.